The molecule has 0 saturated heterocycles. The van der Waals surface area contributed by atoms with Gasteiger partial charge in [-0.15, -0.1) is 0 Å². The second-order valence-electron chi connectivity index (χ2n) is 5.38. The van der Waals surface area contributed by atoms with Crippen molar-refractivity contribution in [3.05, 3.63) is 0 Å². The molecule has 0 aromatic carbocycles. The molecule has 124 valence electrons. The predicted octanol–water partition coefficient (Wildman–Crippen LogP) is 2.98. The highest BCUT2D eigenvalue weighted by atomic mass is 16.6. The van der Waals surface area contributed by atoms with E-state index < -0.39 is 17.5 Å². The molecule has 0 aliphatic carbocycles. The van der Waals surface area contributed by atoms with E-state index in [1.807, 2.05) is 20.8 Å². The van der Waals surface area contributed by atoms with E-state index in [1.165, 1.54) is 0 Å². The van der Waals surface area contributed by atoms with Gasteiger partial charge in [-0.05, 0) is 19.3 Å². The first kappa shape index (κ1) is 19.9. The molecule has 0 aliphatic rings. The molecule has 1 N–H and O–H groups in total. The average Bonchev–Trinajstić information content (AvgIpc) is 2.45. The van der Waals surface area contributed by atoms with Gasteiger partial charge in [0, 0.05) is 0 Å². The summed E-state index contributed by atoms with van der Waals surface area (Å²) in [5, 5.41) is 10.5. The zero-order chi connectivity index (χ0) is 16.1. The molecule has 0 radical (unpaired) electrons. The lowest BCUT2D eigenvalue weighted by molar-refractivity contribution is -0.173. The Morgan fingerprint density at radius 1 is 0.905 bits per heavy atom. The molecule has 0 bridgehead atoms. The molecule has 0 rings (SSSR count). The van der Waals surface area contributed by atoms with Gasteiger partial charge in [-0.3, -0.25) is 4.79 Å². The van der Waals surface area contributed by atoms with E-state index in [0.717, 1.165) is 32.1 Å². The fraction of sp³-hybridized carbons (Fsp3) is 0.875. The van der Waals surface area contributed by atoms with Gasteiger partial charge in [0.1, 0.15) is 0 Å². The Hall–Kier alpha value is -1.10. The molecular weight excluding hydrogens is 272 g/mol. The maximum atomic E-state index is 12.0. The summed E-state index contributed by atoms with van der Waals surface area (Å²) in [6, 6.07) is 0. The predicted molar refractivity (Wildman–Crippen MR) is 80.8 cm³/mol. The van der Waals surface area contributed by atoms with Crippen LogP contribution in [0.5, 0.6) is 0 Å². The minimum absolute atomic E-state index is 0.220. The van der Waals surface area contributed by atoms with E-state index in [2.05, 4.69) is 0 Å². The van der Waals surface area contributed by atoms with Crippen LogP contribution in [0.2, 0.25) is 0 Å². The van der Waals surface area contributed by atoms with Gasteiger partial charge in [-0.25, -0.2) is 4.79 Å². The van der Waals surface area contributed by atoms with E-state index in [1.54, 1.807) is 0 Å². The minimum atomic E-state index is -1.76. The first-order valence-corrected chi connectivity index (χ1v) is 8.05. The van der Waals surface area contributed by atoms with Crippen LogP contribution in [0, 0.1) is 0 Å². The molecule has 0 fully saturated rings. The van der Waals surface area contributed by atoms with Gasteiger partial charge in [0.2, 0.25) is 0 Å². The van der Waals surface area contributed by atoms with Crippen LogP contribution < -0.4 is 0 Å². The van der Waals surface area contributed by atoms with Gasteiger partial charge >= 0.3 is 11.9 Å². The number of esters is 2. The minimum Gasteiger partial charge on any atom is -0.466 e. The fourth-order valence-corrected chi connectivity index (χ4v) is 1.80. The highest BCUT2D eigenvalue weighted by Crippen LogP contribution is 2.22. The molecule has 1 unspecified atom stereocenters. The Bertz CT molecular complexity index is 303. The summed E-state index contributed by atoms with van der Waals surface area (Å²) >= 11 is 0. The number of ether oxygens (including phenoxy) is 2. The second-order valence-corrected chi connectivity index (χ2v) is 5.38. The van der Waals surface area contributed by atoms with Crippen LogP contribution in [-0.2, 0) is 19.1 Å². The van der Waals surface area contributed by atoms with Crippen LogP contribution in [0.3, 0.4) is 0 Å². The molecule has 0 amide bonds. The molecule has 0 spiro atoms. The summed E-state index contributed by atoms with van der Waals surface area (Å²) in [4.78, 5) is 23.8. The third-order valence-corrected chi connectivity index (χ3v) is 3.25. The summed E-state index contributed by atoms with van der Waals surface area (Å²) < 4.78 is 10.1. The lowest BCUT2D eigenvalue weighted by atomic mass is 9.93. The fourth-order valence-electron chi connectivity index (χ4n) is 1.80. The van der Waals surface area contributed by atoms with Gasteiger partial charge in [0.15, 0.2) is 5.60 Å². The third-order valence-electron chi connectivity index (χ3n) is 3.25. The van der Waals surface area contributed by atoms with Crippen molar-refractivity contribution in [1.29, 1.82) is 0 Å². The topological polar surface area (TPSA) is 72.8 Å². The van der Waals surface area contributed by atoms with E-state index >= 15 is 0 Å². The largest absolute Gasteiger partial charge is 0.466 e. The van der Waals surface area contributed by atoms with Crippen molar-refractivity contribution in [2.75, 3.05) is 13.2 Å². The van der Waals surface area contributed by atoms with Crippen molar-refractivity contribution < 1.29 is 24.2 Å². The maximum absolute atomic E-state index is 12.0. The van der Waals surface area contributed by atoms with E-state index in [-0.39, 0.29) is 19.4 Å². The Kier molecular flexibility index (Phi) is 10.9. The van der Waals surface area contributed by atoms with Crippen molar-refractivity contribution in [3.8, 4) is 0 Å². The average molecular weight is 302 g/mol. The Morgan fingerprint density at radius 2 is 1.43 bits per heavy atom. The molecule has 5 heteroatoms. The normalized spacial score (nSPS) is 13.5. The van der Waals surface area contributed by atoms with Gasteiger partial charge in [-0.1, -0.05) is 46.5 Å². The molecule has 0 aromatic heterocycles. The lowest BCUT2D eigenvalue weighted by Gasteiger charge is -2.25. The van der Waals surface area contributed by atoms with Crippen molar-refractivity contribution in [3.63, 3.8) is 0 Å². The quantitative estimate of drug-likeness (QED) is 0.443. The number of aliphatic hydroxyl groups is 1. The van der Waals surface area contributed by atoms with E-state index in [9.17, 15) is 14.7 Å². The van der Waals surface area contributed by atoms with Gasteiger partial charge in [0.05, 0.1) is 19.6 Å². The third kappa shape index (κ3) is 8.71. The smallest absolute Gasteiger partial charge is 0.338 e. The molecule has 21 heavy (non-hydrogen) atoms. The van der Waals surface area contributed by atoms with Crippen LogP contribution >= 0.6 is 0 Å². The molecular formula is C16H30O5. The summed E-state index contributed by atoms with van der Waals surface area (Å²) in [7, 11) is 0. The zero-order valence-electron chi connectivity index (χ0n) is 13.7. The van der Waals surface area contributed by atoms with Crippen molar-refractivity contribution in [1.82, 2.24) is 0 Å². The highest BCUT2D eigenvalue weighted by Gasteiger charge is 2.39. The van der Waals surface area contributed by atoms with Crippen LogP contribution in [0.1, 0.15) is 72.1 Å². The summed E-state index contributed by atoms with van der Waals surface area (Å²) in [5.41, 5.74) is -1.76. The lowest BCUT2D eigenvalue weighted by Crippen LogP contribution is -2.42. The van der Waals surface area contributed by atoms with Crippen molar-refractivity contribution in [2.45, 2.75) is 77.7 Å². The molecule has 5 nitrogen and oxygen atoms in total. The summed E-state index contributed by atoms with van der Waals surface area (Å²) in [5.74, 6) is -1.26. The van der Waals surface area contributed by atoms with Crippen LogP contribution in [0.25, 0.3) is 0 Å². The van der Waals surface area contributed by atoms with E-state index in [4.69, 9.17) is 9.47 Å². The second kappa shape index (κ2) is 11.5. The number of carbonyl (C=O) groups is 2. The van der Waals surface area contributed by atoms with Crippen LogP contribution in [-0.4, -0.2) is 35.9 Å². The number of carbonyl (C=O) groups excluding carboxylic acids is 2. The van der Waals surface area contributed by atoms with Crippen molar-refractivity contribution in [2.24, 2.45) is 0 Å². The number of hydrogen-bond donors (Lipinski definition) is 1. The molecule has 1 atom stereocenters. The number of unbranched alkanes of at least 4 members (excludes halogenated alkanes) is 3. The molecule has 0 aromatic rings. The summed E-state index contributed by atoms with van der Waals surface area (Å²) in [6.07, 6.45) is 4.72. The molecule has 0 heterocycles. The first-order valence-electron chi connectivity index (χ1n) is 8.05. The van der Waals surface area contributed by atoms with E-state index in [0.29, 0.717) is 13.0 Å². The monoisotopic (exact) mass is 302 g/mol. The standard InChI is InChI=1S/C16H30O5/c1-4-7-10-16(19,15(18)21-12-9-6-3)13-14(17)20-11-8-5-2/h19H,4-13H2,1-3H3. The van der Waals surface area contributed by atoms with Crippen molar-refractivity contribution >= 4 is 11.9 Å². The maximum Gasteiger partial charge on any atom is 0.338 e. The SMILES string of the molecule is CCCCOC(=O)CC(O)(CCCC)C(=O)OCCCC. The Morgan fingerprint density at radius 3 is 1.95 bits per heavy atom. The van der Waals surface area contributed by atoms with Gasteiger partial charge in [-0.2, -0.15) is 0 Å². The summed E-state index contributed by atoms with van der Waals surface area (Å²) in [6.45, 7) is 6.54. The number of rotatable bonds is 12. The van der Waals surface area contributed by atoms with Crippen LogP contribution in [0.4, 0.5) is 0 Å². The molecule has 0 saturated carbocycles. The Balaban J connectivity index is 4.50. The number of hydrogen-bond acceptors (Lipinski definition) is 5. The zero-order valence-corrected chi connectivity index (χ0v) is 13.7. The highest BCUT2D eigenvalue weighted by molar-refractivity contribution is 5.85. The van der Waals surface area contributed by atoms with Gasteiger partial charge < -0.3 is 14.6 Å². The van der Waals surface area contributed by atoms with Gasteiger partial charge in [0.25, 0.3) is 0 Å². The Labute approximate surface area is 128 Å². The van der Waals surface area contributed by atoms with Crippen LogP contribution in [0.15, 0.2) is 0 Å². The first-order chi connectivity index (χ1) is 10.00. The molecule has 0 aliphatic heterocycles.